The van der Waals surface area contributed by atoms with E-state index in [4.69, 9.17) is 9.16 Å². The van der Waals surface area contributed by atoms with E-state index in [2.05, 4.69) is 40.4 Å². The second kappa shape index (κ2) is 8.61. The van der Waals surface area contributed by atoms with Gasteiger partial charge < -0.3 is 14.1 Å². The highest BCUT2D eigenvalue weighted by atomic mass is 28.4. The minimum Gasteiger partial charge on any atom is -0.497 e. The summed E-state index contributed by atoms with van der Waals surface area (Å²) < 4.78 is 12.0. The Balaban J connectivity index is 2.22. The van der Waals surface area contributed by atoms with Gasteiger partial charge >= 0.3 is 0 Å². The molecule has 0 radical (unpaired) electrons. The molecule has 27 heavy (non-hydrogen) atoms. The molecular weight excluding hydrogens is 354 g/mol. The van der Waals surface area contributed by atoms with Crippen molar-refractivity contribution in [2.75, 3.05) is 7.11 Å². The molecule has 1 fully saturated rings. The third kappa shape index (κ3) is 5.23. The standard InChI is InChI=1S/C22H35NO3Si/c1-8-9-19-20(26-27(6,7)22(2,3)4)14-15-21(24)23(19)16-17-10-12-18(25-5)13-11-17/h8,10-13,19-20H,1,9,14-16H2,2-7H3/t19-,20-/m0/s1. The largest absolute Gasteiger partial charge is 0.497 e. The summed E-state index contributed by atoms with van der Waals surface area (Å²) >= 11 is 0. The lowest BCUT2D eigenvalue weighted by molar-refractivity contribution is -0.142. The smallest absolute Gasteiger partial charge is 0.223 e. The van der Waals surface area contributed by atoms with Crippen LogP contribution in [0, 0.1) is 0 Å². The average molecular weight is 390 g/mol. The van der Waals surface area contributed by atoms with Gasteiger partial charge in [-0.1, -0.05) is 39.0 Å². The number of nitrogens with zero attached hydrogens (tertiary/aromatic N) is 1. The number of benzene rings is 1. The monoisotopic (exact) mass is 389 g/mol. The zero-order chi connectivity index (χ0) is 20.2. The number of piperidine rings is 1. The number of carbonyl (C=O) groups is 1. The van der Waals surface area contributed by atoms with Crippen LogP contribution in [0.15, 0.2) is 36.9 Å². The van der Waals surface area contributed by atoms with Crippen molar-refractivity contribution in [2.45, 2.75) is 76.9 Å². The minimum atomic E-state index is -1.91. The van der Waals surface area contributed by atoms with Gasteiger partial charge in [0.05, 0.1) is 19.3 Å². The van der Waals surface area contributed by atoms with Gasteiger partial charge in [0.15, 0.2) is 8.32 Å². The van der Waals surface area contributed by atoms with Gasteiger partial charge in [-0.25, -0.2) is 0 Å². The van der Waals surface area contributed by atoms with E-state index in [-0.39, 0.29) is 23.1 Å². The lowest BCUT2D eigenvalue weighted by Crippen LogP contribution is -2.55. The van der Waals surface area contributed by atoms with E-state index >= 15 is 0 Å². The van der Waals surface area contributed by atoms with Crippen LogP contribution >= 0.6 is 0 Å². The van der Waals surface area contributed by atoms with Crippen LogP contribution in [-0.2, 0) is 15.8 Å². The Labute approximate surface area is 165 Å². The van der Waals surface area contributed by atoms with Gasteiger partial charge in [0.25, 0.3) is 0 Å². The van der Waals surface area contributed by atoms with E-state index < -0.39 is 8.32 Å². The van der Waals surface area contributed by atoms with Crippen LogP contribution in [0.1, 0.15) is 45.6 Å². The summed E-state index contributed by atoms with van der Waals surface area (Å²) in [4.78, 5) is 14.7. The number of ether oxygens (including phenoxy) is 1. The Kier molecular flexibility index (Phi) is 6.92. The molecule has 0 bridgehead atoms. The molecule has 5 heteroatoms. The molecule has 0 N–H and O–H groups in total. The summed E-state index contributed by atoms with van der Waals surface area (Å²) in [6, 6.07) is 7.97. The number of rotatable bonds is 7. The van der Waals surface area contributed by atoms with Crippen LogP contribution in [-0.4, -0.2) is 38.4 Å². The van der Waals surface area contributed by atoms with E-state index in [0.717, 1.165) is 24.2 Å². The molecule has 0 saturated carbocycles. The number of hydrogen-bond acceptors (Lipinski definition) is 3. The van der Waals surface area contributed by atoms with Gasteiger partial charge in [0.2, 0.25) is 5.91 Å². The average Bonchev–Trinajstić information content (AvgIpc) is 2.60. The Morgan fingerprint density at radius 2 is 1.89 bits per heavy atom. The molecule has 1 amide bonds. The molecule has 1 aliphatic rings. The number of carbonyl (C=O) groups excluding carboxylic acids is 1. The number of amides is 1. The molecule has 4 nitrogen and oxygen atoms in total. The van der Waals surface area contributed by atoms with E-state index in [1.807, 2.05) is 35.2 Å². The summed E-state index contributed by atoms with van der Waals surface area (Å²) in [5.74, 6) is 1.03. The van der Waals surface area contributed by atoms with Crippen molar-refractivity contribution in [1.82, 2.24) is 4.90 Å². The van der Waals surface area contributed by atoms with E-state index in [0.29, 0.717) is 13.0 Å². The van der Waals surface area contributed by atoms with Crippen molar-refractivity contribution in [1.29, 1.82) is 0 Å². The molecule has 2 atom stereocenters. The second-order valence-corrected chi connectivity index (χ2v) is 13.7. The third-order valence-corrected chi connectivity index (χ3v) is 10.5. The summed E-state index contributed by atoms with van der Waals surface area (Å²) in [5.41, 5.74) is 1.10. The van der Waals surface area contributed by atoms with Crippen LogP contribution in [0.4, 0.5) is 0 Å². The summed E-state index contributed by atoms with van der Waals surface area (Å²) in [7, 11) is -0.249. The fourth-order valence-electron chi connectivity index (χ4n) is 3.26. The second-order valence-electron chi connectivity index (χ2n) is 8.92. The molecule has 0 aliphatic carbocycles. The fraction of sp³-hybridized carbons (Fsp3) is 0.591. The topological polar surface area (TPSA) is 38.8 Å². The molecule has 0 unspecified atom stereocenters. The summed E-state index contributed by atoms with van der Waals surface area (Å²) in [6.45, 7) is 15.8. The highest BCUT2D eigenvalue weighted by molar-refractivity contribution is 6.74. The van der Waals surface area contributed by atoms with Crippen molar-refractivity contribution in [3.05, 3.63) is 42.5 Å². The van der Waals surface area contributed by atoms with Crippen molar-refractivity contribution in [3.63, 3.8) is 0 Å². The normalized spacial score (nSPS) is 21.3. The first-order valence-electron chi connectivity index (χ1n) is 9.80. The fourth-order valence-corrected chi connectivity index (χ4v) is 4.65. The Morgan fingerprint density at radius 1 is 1.26 bits per heavy atom. The van der Waals surface area contributed by atoms with E-state index in [1.165, 1.54) is 0 Å². The maximum Gasteiger partial charge on any atom is 0.223 e. The van der Waals surface area contributed by atoms with E-state index in [9.17, 15) is 4.79 Å². The van der Waals surface area contributed by atoms with Crippen molar-refractivity contribution >= 4 is 14.2 Å². The van der Waals surface area contributed by atoms with Crippen molar-refractivity contribution in [3.8, 4) is 5.75 Å². The van der Waals surface area contributed by atoms with Gasteiger partial charge in [-0.2, -0.15) is 0 Å². The molecule has 150 valence electrons. The van der Waals surface area contributed by atoms with Crippen LogP contribution in [0.2, 0.25) is 18.1 Å². The first-order valence-corrected chi connectivity index (χ1v) is 12.7. The van der Waals surface area contributed by atoms with Crippen molar-refractivity contribution in [2.24, 2.45) is 0 Å². The first-order chi connectivity index (χ1) is 12.6. The van der Waals surface area contributed by atoms with Crippen LogP contribution in [0.3, 0.4) is 0 Å². The maximum absolute atomic E-state index is 12.7. The SMILES string of the molecule is C=CC[C@H]1[C@@H](O[Si](C)(C)C(C)(C)C)CCC(=O)N1Cc1ccc(OC)cc1. The first kappa shape index (κ1) is 21.7. The predicted octanol–water partition coefficient (Wildman–Crippen LogP) is 5.15. The molecule has 0 spiro atoms. The summed E-state index contributed by atoms with van der Waals surface area (Å²) in [5, 5.41) is 0.147. The Morgan fingerprint density at radius 3 is 2.41 bits per heavy atom. The predicted molar refractivity (Wildman–Crippen MR) is 113 cm³/mol. The Hall–Kier alpha value is -1.59. The van der Waals surface area contributed by atoms with Gasteiger partial charge in [-0.3, -0.25) is 4.79 Å². The molecule has 0 aromatic heterocycles. The zero-order valence-electron chi connectivity index (χ0n) is 17.7. The quantitative estimate of drug-likeness (QED) is 0.478. The van der Waals surface area contributed by atoms with Gasteiger partial charge in [-0.05, 0) is 48.7 Å². The highest BCUT2D eigenvalue weighted by Crippen LogP contribution is 2.39. The highest BCUT2D eigenvalue weighted by Gasteiger charge is 2.43. The van der Waals surface area contributed by atoms with Crippen LogP contribution in [0.5, 0.6) is 5.75 Å². The van der Waals surface area contributed by atoms with Gasteiger partial charge in [0.1, 0.15) is 5.75 Å². The van der Waals surface area contributed by atoms with Crippen LogP contribution < -0.4 is 4.74 Å². The zero-order valence-corrected chi connectivity index (χ0v) is 18.7. The lowest BCUT2D eigenvalue weighted by Gasteiger charge is -2.46. The number of likely N-dealkylation sites (tertiary alicyclic amines) is 1. The maximum atomic E-state index is 12.7. The Bertz CT molecular complexity index is 649. The summed E-state index contributed by atoms with van der Waals surface area (Å²) in [6.07, 6.45) is 4.07. The van der Waals surface area contributed by atoms with Crippen molar-refractivity contribution < 1.29 is 14.0 Å². The third-order valence-electron chi connectivity index (χ3n) is 5.96. The molecule has 1 aliphatic heterocycles. The van der Waals surface area contributed by atoms with Crippen LogP contribution in [0.25, 0.3) is 0 Å². The molecular formula is C22H35NO3Si. The van der Waals surface area contributed by atoms with Gasteiger partial charge in [-0.15, -0.1) is 6.58 Å². The van der Waals surface area contributed by atoms with Gasteiger partial charge in [0, 0.05) is 13.0 Å². The molecule has 1 aromatic rings. The molecule has 1 heterocycles. The molecule has 1 saturated heterocycles. The minimum absolute atomic E-state index is 0.0416. The lowest BCUT2D eigenvalue weighted by atomic mass is 9.95. The van der Waals surface area contributed by atoms with E-state index in [1.54, 1.807) is 7.11 Å². The molecule has 2 rings (SSSR count). The number of methoxy groups -OCH3 is 1. The number of hydrogen-bond donors (Lipinski definition) is 0. The molecule has 1 aromatic carbocycles.